The summed E-state index contributed by atoms with van der Waals surface area (Å²) in [5, 5.41) is 8.12. The van der Waals surface area contributed by atoms with Crippen molar-refractivity contribution in [3.63, 3.8) is 0 Å². The number of carbonyl (C=O) groups is 2. The summed E-state index contributed by atoms with van der Waals surface area (Å²) in [4.78, 5) is 20.6. The molecule has 0 fully saturated rings. The molecule has 0 aliphatic carbocycles. The Morgan fingerprint density at radius 1 is 1.58 bits per heavy atom. The van der Waals surface area contributed by atoms with E-state index in [4.69, 9.17) is 11.5 Å². The Labute approximate surface area is 82.7 Å². The van der Waals surface area contributed by atoms with Gasteiger partial charge in [-0.05, 0) is 22.6 Å². The minimum atomic E-state index is -1.21. The fourth-order valence-electron chi connectivity index (χ4n) is 0.315. The molecule has 1 N–H and O–H groups in total. The Morgan fingerprint density at radius 2 is 2.17 bits per heavy atom. The van der Waals surface area contributed by atoms with Gasteiger partial charge in [0.15, 0.2) is 0 Å². The highest BCUT2D eigenvalue weighted by Gasteiger charge is 2.03. The van der Waals surface area contributed by atoms with Crippen molar-refractivity contribution in [2.24, 2.45) is 0 Å². The number of terminal acetylenes is 1. The first-order valence-electron chi connectivity index (χ1n) is 2.78. The molecular weight excluding hydrogens is 275 g/mol. The Bertz CT molecular complexity index is 251. The molecule has 0 spiro atoms. The van der Waals surface area contributed by atoms with Crippen LogP contribution in [0.15, 0.2) is 12.2 Å². The summed E-state index contributed by atoms with van der Waals surface area (Å²) in [6.45, 7) is 0. The van der Waals surface area contributed by atoms with Crippen molar-refractivity contribution >= 4 is 34.5 Å². The fourth-order valence-corrected chi connectivity index (χ4v) is 0.565. The van der Waals surface area contributed by atoms with Gasteiger partial charge >= 0.3 is 11.9 Å². The maximum Gasteiger partial charge on any atom is 0.332 e. The zero-order chi connectivity index (χ0) is 9.56. The van der Waals surface area contributed by atoms with Crippen molar-refractivity contribution in [3.8, 4) is 12.3 Å². The lowest BCUT2D eigenvalue weighted by molar-refractivity contribution is -0.138. The average Bonchev–Trinajstić information content (AvgIpc) is 2.00. The second kappa shape index (κ2) is 5.60. The molecule has 64 valence electrons. The van der Waals surface area contributed by atoms with Gasteiger partial charge in [0.05, 0.1) is 0 Å². The van der Waals surface area contributed by atoms with Crippen LogP contribution >= 0.6 is 22.6 Å². The van der Waals surface area contributed by atoms with E-state index in [0.29, 0.717) is 6.08 Å². The molecule has 12 heavy (non-hydrogen) atoms. The van der Waals surface area contributed by atoms with E-state index in [2.05, 4.69) is 10.7 Å². The Morgan fingerprint density at radius 3 is 2.58 bits per heavy atom. The van der Waals surface area contributed by atoms with E-state index in [1.165, 1.54) is 0 Å². The number of aliphatic carboxylic acids is 1. The standard InChI is InChI=1S/C7H5IO4/c1-2-5(8)12-7(11)4-3-6(9)10/h1,3-5H,(H,9,10). The van der Waals surface area contributed by atoms with Gasteiger partial charge in [0.1, 0.15) is 0 Å². The number of rotatable bonds is 3. The number of esters is 1. The van der Waals surface area contributed by atoms with E-state index in [9.17, 15) is 9.59 Å². The van der Waals surface area contributed by atoms with Gasteiger partial charge in [-0.15, -0.1) is 6.42 Å². The lowest BCUT2D eigenvalue weighted by Gasteiger charge is -2.00. The van der Waals surface area contributed by atoms with E-state index in [-0.39, 0.29) is 0 Å². The highest BCUT2D eigenvalue weighted by Crippen LogP contribution is 2.00. The Kier molecular flexibility index (Phi) is 5.12. The van der Waals surface area contributed by atoms with Crippen LogP contribution in [0, 0.1) is 12.3 Å². The maximum absolute atomic E-state index is 10.6. The molecule has 0 saturated heterocycles. The van der Waals surface area contributed by atoms with E-state index in [1.54, 1.807) is 22.6 Å². The van der Waals surface area contributed by atoms with Crippen LogP contribution in [0.3, 0.4) is 0 Å². The fraction of sp³-hybridized carbons (Fsp3) is 0.143. The van der Waals surface area contributed by atoms with Crippen LogP contribution in [-0.4, -0.2) is 21.2 Å². The van der Waals surface area contributed by atoms with Crippen molar-refractivity contribution in [1.82, 2.24) is 0 Å². The number of carboxylic acid groups (broad SMARTS) is 1. The molecule has 0 aromatic heterocycles. The SMILES string of the molecule is C#CC(I)OC(=O)C=CC(=O)O. The highest BCUT2D eigenvalue weighted by atomic mass is 127. The molecule has 0 aliphatic rings. The number of carbonyl (C=O) groups excluding carboxylic acids is 1. The van der Waals surface area contributed by atoms with Crippen LogP contribution in [0.25, 0.3) is 0 Å². The highest BCUT2D eigenvalue weighted by molar-refractivity contribution is 14.1. The van der Waals surface area contributed by atoms with Gasteiger partial charge in [0.2, 0.25) is 4.11 Å². The Hall–Kier alpha value is -1.03. The molecule has 4 nitrogen and oxygen atoms in total. The van der Waals surface area contributed by atoms with Gasteiger partial charge in [-0.2, -0.15) is 0 Å². The zero-order valence-electron chi connectivity index (χ0n) is 5.86. The lowest BCUT2D eigenvalue weighted by Crippen LogP contribution is -2.07. The quantitative estimate of drug-likeness (QED) is 0.270. The smallest absolute Gasteiger partial charge is 0.332 e. The summed E-state index contributed by atoms with van der Waals surface area (Å²) in [6.07, 6.45) is 6.38. The molecule has 0 amide bonds. The van der Waals surface area contributed by atoms with Crippen molar-refractivity contribution in [2.45, 2.75) is 4.11 Å². The molecule has 0 rings (SSSR count). The first kappa shape index (κ1) is 11.0. The maximum atomic E-state index is 10.6. The number of alkyl halides is 1. The van der Waals surface area contributed by atoms with Crippen molar-refractivity contribution < 1.29 is 19.4 Å². The normalized spacial score (nSPS) is 12.0. The van der Waals surface area contributed by atoms with Gasteiger partial charge in [-0.1, -0.05) is 5.92 Å². The van der Waals surface area contributed by atoms with Crippen molar-refractivity contribution in [3.05, 3.63) is 12.2 Å². The second-order valence-electron chi connectivity index (χ2n) is 1.59. The van der Waals surface area contributed by atoms with Crippen LogP contribution < -0.4 is 0 Å². The molecule has 1 atom stereocenters. The predicted octanol–water partition coefficient (Wildman–Crippen LogP) is 0.565. The molecule has 0 saturated carbocycles. The van der Waals surface area contributed by atoms with Gasteiger partial charge in [-0.25, -0.2) is 9.59 Å². The minimum Gasteiger partial charge on any atom is -0.478 e. The molecule has 1 unspecified atom stereocenters. The van der Waals surface area contributed by atoms with Crippen LogP contribution in [-0.2, 0) is 14.3 Å². The second-order valence-corrected chi connectivity index (χ2v) is 2.72. The van der Waals surface area contributed by atoms with Crippen molar-refractivity contribution in [1.29, 1.82) is 0 Å². The van der Waals surface area contributed by atoms with Crippen molar-refractivity contribution in [2.75, 3.05) is 0 Å². The van der Waals surface area contributed by atoms with E-state index < -0.39 is 16.0 Å². The van der Waals surface area contributed by atoms with Gasteiger partial charge in [-0.3, -0.25) is 0 Å². The molecule has 5 heteroatoms. The summed E-state index contributed by atoms with van der Waals surface area (Å²) >= 11 is 1.72. The first-order valence-corrected chi connectivity index (χ1v) is 4.02. The molecule has 0 radical (unpaired) electrons. The van der Waals surface area contributed by atoms with Crippen LogP contribution in [0.2, 0.25) is 0 Å². The summed E-state index contributed by atoms with van der Waals surface area (Å²) < 4.78 is 3.84. The third-order valence-corrected chi connectivity index (χ3v) is 1.33. The van der Waals surface area contributed by atoms with E-state index >= 15 is 0 Å². The summed E-state index contributed by atoms with van der Waals surface area (Å²) in [6, 6.07) is 0. The summed E-state index contributed by atoms with van der Waals surface area (Å²) in [5.74, 6) is 0.167. The molecule has 0 aromatic carbocycles. The van der Waals surface area contributed by atoms with E-state index in [1.807, 2.05) is 0 Å². The van der Waals surface area contributed by atoms with Gasteiger partial charge in [0.25, 0.3) is 0 Å². The zero-order valence-corrected chi connectivity index (χ0v) is 8.02. The molecule has 0 heterocycles. The third-order valence-electron chi connectivity index (χ3n) is 0.713. The minimum absolute atomic E-state index is 0.673. The molecule has 0 aliphatic heterocycles. The monoisotopic (exact) mass is 280 g/mol. The molecule has 0 bridgehead atoms. The van der Waals surface area contributed by atoms with Gasteiger partial charge < -0.3 is 9.84 Å². The summed E-state index contributed by atoms with van der Waals surface area (Å²) in [7, 11) is 0. The van der Waals surface area contributed by atoms with Crippen LogP contribution in [0.5, 0.6) is 0 Å². The number of carboxylic acids is 1. The largest absolute Gasteiger partial charge is 0.478 e. The Balaban J connectivity index is 3.92. The first-order chi connectivity index (χ1) is 5.56. The number of hydrogen-bond acceptors (Lipinski definition) is 3. The van der Waals surface area contributed by atoms with Gasteiger partial charge in [0, 0.05) is 12.2 Å². The van der Waals surface area contributed by atoms with Crippen LogP contribution in [0.1, 0.15) is 0 Å². The van der Waals surface area contributed by atoms with Crippen LogP contribution in [0.4, 0.5) is 0 Å². The number of ether oxygens (including phenoxy) is 1. The third kappa shape index (κ3) is 5.73. The molecular formula is C7H5IO4. The average molecular weight is 280 g/mol. The summed E-state index contributed by atoms with van der Waals surface area (Å²) in [5.41, 5.74) is 0. The number of halogens is 1. The topological polar surface area (TPSA) is 63.6 Å². The number of hydrogen-bond donors (Lipinski definition) is 1. The predicted molar refractivity (Wildman–Crippen MR) is 49.5 cm³/mol. The van der Waals surface area contributed by atoms with E-state index in [0.717, 1.165) is 6.08 Å². The lowest BCUT2D eigenvalue weighted by atomic mass is 10.5. The molecule has 0 aromatic rings.